The van der Waals surface area contributed by atoms with Gasteiger partial charge in [-0.15, -0.1) is 0 Å². The zero-order valence-electron chi connectivity index (χ0n) is 40.1. The van der Waals surface area contributed by atoms with Gasteiger partial charge in [0.1, 0.15) is 17.5 Å². The van der Waals surface area contributed by atoms with Gasteiger partial charge >= 0.3 is 0 Å². The highest BCUT2D eigenvalue weighted by Gasteiger charge is 2.21. The summed E-state index contributed by atoms with van der Waals surface area (Å²) < 4.78 is 4.40. The van der Waals surface area contributed by atoms with Crippen molar-refractivity contribution >= 4 is 43.6 Å². The summed E-state index contributed by atoms with van der Waals surface area (Å²) in [5.41, 5.74) is 18.0. The summed E-state index contributed by atoms with van der Waals surface area (Å²) in [4.78, 5) is 20.4. The van der Waals surface area contributed by atoms with Crippen LogP contribution in [0.4, 0.5) is 0 Å². The van der Waals surface area contributed by atoms with Gasteiger partial charge in [0, 0.05) is 40.3 Å². The number of pyridine rings is 2. The van der Waals surface area contributed by atoms with E-state index in [4.69, 9.17) is 19.9 Å². The first-order chi connectivity index (χ1) is 36.7. The van der Waals surface area contributed by atoms with Crippen LogP contribution in [-0.2, 0) is 0 Å². The van der Waals surface area contributed by atoms with Gasteiger partial charge in [-0.25, -0.2) is 15.0 Å². The number of hydrogen-bond donors (Lipinski definition) is 0. The van der Waals surface area contributed by atoms with E-state index in [-0.39, 0.29) is 0 Å². The van der Waals surface area contributed by atoms with Crippen molar-refractivity contribution in [1.29, 1.82) is 0 Å². The Morgan fingerprint density at radius 2 is 0.730 bits per heavy atom. The Morgan fingerprint density at radius 1 is 0.284 bits per heavy atom. The molecule has 0 saturated carbocycles. The fraction of sp³-hybridized carbons (Fsp3) is 0. The molecule has 6 heteroatoms. The van der Waals surface area contributed by atoms with Crippen LogP contribution in [0.2, 0.25) is 0 Å². The Morgan fingerprint density at radius 3 is 1.27 bits per heavy atom. The third-order valence-corrected chi connectivity index (χ3v) is 14.2. The summed E-state index contributed by atoms with van der Waals surface area (Å²) in [6.07, 6.45) is 3.82. The minimum Gasteiger partial charge on any atom is -0.292 e. The molecular formula is C68H44N6. The molecule has 0 atom stereocenters. The first kappa shape index (κ1) is 42.8. The molecule has 0 N–H and O–H groups in total. The summed E-state index contributed by atoms with van der Waals surface area (Å²) in [6.45, 7) is 0. The summed E-state index contributed by atoms with van der Waals surface area (Å²) in [7, 11) is 0. The number of imidazole rings is 2. The standard InChI is InChI=1S/C68H44N6/c1-6-18-45(19-7-1)65-56-35-30-52(59-36-31-53(44-70-59)51-33-37-62-60(43-51)71-67(47-22-10-3-11-23-47)73(62)54-26-14-5-15-27-54)41-58(56)66(46-20-8-2-9-21-46)55-34-29-49(40-57(55)65)50-32-38-63-61(42-50)72-68(48-24-12-4-13-25-48)74(63)64-28-16-17-39-69-64/h1-44H. The molecule has 0 fully saturated rings. The van der Waals surface area contributed by atoms with Crippen molar-refractivity contribution in [3.05, 3.63) is 267 Å². The smallest absolute Gasteiger partial charge is 0.146 e. The second-order valence-electron chi connectivity index (χ2n) is 18.6. The zero-order valence-corrected chi connectivity index (χ0v) is 40.1. The van der Waals surface area contributed by atoms with E-state index in [1.165, 1.54) is 32.7 Å². The van der Waals surface area contributed by atoms with Crippen molar-refractivity contribution in [3.8, 4) is 90.0 Å². The first-order valence-electron chi connectivity index (χ1n) is 24.9. The molecule has 14 rings (SSSR count). The van der Waals surface area contributed by atoms with E-state index < -0.39 is 0 Å². The van der Waals surface area contributed by atoms with Crippen molar-refractivity contribution in [1.82, 2.24) is 29.1 Å². The fourth-order valence-corrected chi connectivity index (χ4v) is 10.8. The average Bonchev–Trinajstić information content (AvgIpc) is 4.07. The summed E-state index contributed by atoms with van der Waals surface area (Å²) in [5, 5.41) is 4.71. The fourth-order valence-electron chi connectivity index (χ4n) is 10.8. The highest BCUT2D eigenvalue weighted by Crippen LogP contribution is 2.46. The molecule has 4 heterocycles. The molecule has 14 aromatic rings. The molecule has 10 aromatic carbocycles. The summed E-state index contributed by atoms with van der Waals surface area (Å²) in [6, 6.07) is 90.1. The lowest BCUT2D eigenvalue weighted by Crippen LogP contribution is -1.99. The highest BCUT2D eigenvalue weighted by atomic mass is 15.1. The van der Waals surface area contributed by atoms with Gasteiger partial charge in [-0.2, -0.15) is 0 Å². The molecule has 0 saturated heterocycles. The number of aromatic nitrogens is 6. The van der Waals surface area contributed by atoms with Crippen molar-refractivity contribution in [2.45, 2.75) is 0 Å². The van der Waals surface area contributed by atoms with E-state index in [1.807, 2.05) is 48.8 Å². The molecule has 4 aromatic heterocycles. The normalized spacial score (nSPS) is 11.5. The van der Waals surface area contributed by atoms with Gasteiger partial charge in [0.2, 0.25) is 0 Å². The van der Waals surface area contributed by atoms with Crippen molar-refractivity contribution < 1.29 is 0 Å². The number of nitrogens with zero attached hydrogens (tertiary/aromatic N) is 6. The lowest BCUT2D eigenvalue weighted by atomic mass is 9.84. The lowest BCUT2D eigenvalue weighted by molar-refractivity contribution is 1.03. The maximum atomic E-state index is 5.27. The largest absolute Gasteiger partial charge is 0.292 e. The quantitative estimate of drug-likeness (QED) is 0.135. The minimum absolute atomic E-state index is 0.829. The minimum atomic E-state index is 0.829. The van der Waals surface area contributed by atoms with E-state index >= 15 is 0 Å². The number of hydrogen-bond acceptors (Lipinski definition) is 4. The molecule has 0 aliphatic heterocycles. The third-order valence-electron chi connectivity index (χ3n) is 14.2. The molecule has 6 nitrogen and oxygen atoms in total. The molecule has 0 aliphatic rings. The van der Waals surface area contributed by atoms with Crippen molar-refractivity contribution in [2.24, 2.45) is 0 Å². The first-order valence-corrected chi connectivity index (χ1v) is 24.9. The second-order valence-corrected chi connectivity index (χ2v) is 18.6. The predicted octanol–water partition coefficient (Wildman–Crippen LogP) is 17.1. The molecule has 0 unspecified atom stereocenters. The van der Waals surface area contributed by atoms with Crippen LogP contribution in [0, 0.1) is 0 Å². The van der Waals surface area contributed by atoms with Gasteiger partial charge in [-0.3, -0.25) is 14.1 Å². The number of para-hydroxylation sites is 1. The van der Waals surface area contributed by atoms with Crippen LogP contribution in [0.1, 0.15) is 0 Å². The number of rotatable bonds is 9. The molecule has 0 radical (unpaired) electrons. The second kappa shape index (κ2) is 18.0. The van der Waals surface area contributed by atoms with Crippen LogP contribution in [0.25, 0.3) is 134 Å². The maximum Gasteiger partial charge on any atom is 0.146 e. The average molecular weight is 945 g/mol. The Kier molecular flexibility index (Phi) is 10.4. The highest BCUT2D eigenvalue weighted by molar-refractivity contribution is 6.22. The predicted molar refractivity (Wildman–Crippen MR) is 304 cm³/mol. The third kappa shape index (κ3) is 7.44. The molecule has 74 heavy (non-hydrogen) atoms. The van der Waals surface area contributed by atoms with Gasteiger partial charge in [-0.1, -0.05) is 188 Å². The topological polar surface area (TPSA) is 61.4 Å². The van der Waals surface area contributed by atoms with Gasteiger partial charge in [0.25, 0.3) is 0 Å². The van der Waals surface area contributed by atoms with Gasteiger partial charge in [0.05, 0.1) is 27.8 Å². The Hall–Kier alpha value is -10.0. The Balaban J connectivity index is 0.891. The summed E-state index contributed by atoms with van der Waals surface area (Å²) in [5.74, 6) is 2.60. The monoisotopic (exact) mass is 944 g/mol. The van der Waals surface area contributed by atoms with E-state index in [2.05, 4.69) is 228 Å². The molecule has 0 amide bonds. The number of benzene rings is 10. The molecule has 0 spiro atoms. The van der Waals surface area contributed by atoms with Gasteiger partial charge in [-0.05, 0) is 127 Å². The van der Waals surface area contributed by atoms with Crippen LogP contribution >= 0.6 is 0 Å². The Bertz CT molecular complexity index is 4360. The molecule has 0 aliphatic carbocycles. The van der Waals surface area contributed by atoms with Crippen LogP contribution in [-0.4, -0.2) is 29.1 Å². The van der Waals surface area contributed by atoms with E-state index in [0.29, 0.717) is 0 Å². The van der Waals surface area contributed by atoms with Crippen molar-refractivity contribution in [3.63, 3.8) is 0 Å². The van der Waals surface area contributed by atoms with E-state index in [0.717, 1.165) is 101 Å². The van der Waals surface area contributed by atoms with E-state index in [1.54, 1.807) is 0 Å². The molecule has 346 valence electrons. The van der Waals surface area contributed by atoms with Gasteiger partial charge < -0.3 is 0 Å². The number of fused-ring (bicyclic) bond motifs is 4. The van der Waals surface area contributed by atoms with Crippen molar-refractivity contribution in [2.75, 3.05) is 0 Å². The maximum absolute atomic E-state index is 5.27. The SMILES string of the molecule is c1ccc(-c2c3ccc(-c4ccc(-c5ccc6c(c5)nc(-c5ccccc5)n6-c5ccccc5)cn4)cc3c(-c3ccccc3)c3ccc(-c4ccc5c(c4)nc(-c4ccccc4)n5-c4ccccn4)cc23)cc1. The molecule has 0 bridgehead atoms. The van der Waals surface area contributed by atoms with Crippen LogP contribution < -0.4 is 0 Å². The van der Waals surface area contributed by atoms with E-state index in [9.17, 15) is 0 Å². The van der Waals surface area contributed by atoms with Gasteiger partial charge in [0.15, 0.2) is 0 Å². The Labute approximate surface area is 427 Å². The zero-order chi connectivity index (χ0) is 49.0. The molecular weight excluding hydrogens is 901 g/mol. The summed E-state index contributed by atoms with van der Waals surface area (Å²) >= 11 is 0. The lowest BCUT2D eigenvalue weighted by Gasteiger charge is -2.19. The van der Waals surface area contributed by atoms with Crippen LogP contribution in [0.3, 0.4) is 0 Å². The van der Waals surface area contributed by atoms with Crippen LogP contribution in [0.15, 0.2) is 267 Å². The van der Waals surface area contributed by atoms with Crippen LogP contribution in [0.5, 0.6) is 0 Å².